The molecule has 0 bridgehead atoms. The average molecular weight is 320 g/mol. The van der Waals surface area contributed by atoms with E-state index in [4.69, 9.17) is 0 Å². The van der Waals surface area contributed by atoms with Crippen molar-refractivity contribution in [3.05, 3.63) is 70.2 Å². The van der Waals surface area contributed by atoms with Gasteiger partial charge in [0.1, 0.15) is 0 Å². The summed E-state index contributed by atoms with van der Waals surface area (Å²) in [4.78, 5) is 0. The van der Waals surface area contributed by atoms with Crippen molar-refractivity contribution in [1.82, 2.24) is 5.32 Å². The molecule has 0 aromatic heterocycles. The van der Waals surface area contributed by atoms with E-state index in [9.17, 15) is 5.11 Å². The van der Waals surface area contributed by atoms with Gasteiger partial charge in [-0.15, -0.1) is 0 Å². The maximum atomic E-state index is 9.55. The van der Waals surface area contributed by atoms with Crippen molar-refractivity contribution in [3.63, 3.8) is 0 Å². The molecule has 0 aliphatic rings. The Bertz CT molecular complexity index is 498. The second kappa shape index (κ2) is 6.85. The quantitative estimate of drug-likeness (QED) is 0.877. The third-order valence-electron chi connectivity index (χ3n) is 3.21. The van der Waals surface area contributed by atoms with Gasteiger partial charge in [-0.05, 0) is 30.2 Å². The Balaban J connectivity index is 2.08. The molecule has 2 aromatic carbocycles. The number of rotatable bonds is 5. The van der Waals surface area contributed by atoms with Crippen LogP contribution in [0.5, 0.6) is 0 Å². The monoisotopic (exact) mass is 319 g/mol. The van der Waals surface area contributed by atoms with E-state index >= 15 is 0 Å². The SMILES string of the molecule is CC(N[C@H](CO)c1ccccc1)c1ccc(Br)cc1. The van der Waals surface area contributed by atoms with E-state index in [0.29, 0.717) is 0 Å². The van der Waals surface area contributed by atoms with Crippen LogP contribution in [0, 0.1) is 0 Å². The highest BCUT2D eigenvalue weighted by Gasteiger charge is 2.14. The van der Waals surface area contributed by atoms with Crippen LogP contribution in [-0.4, -0.2) is 11.7 Å². The molecule has 0 aliphatic heterocycles. The van der Waals surface area contributed by atoms with Crippen molar-refractivity contribution in [3.8, 4) is 0 Å². The molecule has 2 atom stereocenters. The lowest BCUT2D eigenvalue weighted by molar-refractivity contribution is 0.235. The fourth-order valence-electron chi connectivity index (χ4n) is 2.09. The van der Waals surface area contributed by atoms with Gasteiger partial charge in [-0.1, -0.05) is 58.4 Å². The Kier molecular flexibility index (Phi) is 5.14. The summed E-state index contributed by atoms with van der Waals surface area (Å²) in [6.07, 6.45) is 0. The summed E-state index contributed by atoms with van der Waals surface area (Å²) in [5.74, 6) is 0. The summed E-state index contributed by atoms with van der Waals surface area (Å²) in [7, 11) is 0. The molecule has 0 spiro atoms. The lowest BCUT2D eigenvalue weighted by Gasteiger charge is -2.22. The van der Waals surface area contributed by atoms with Crippen LogP contribution >= 0.6 is 15.9 Å². The van der Waals surface area contributed by atoms with Crippen molar-refractivity contribution in [2.24, 2.45) is 0 Å². The highest BCUT2D eigenvalue weighted by molar-refractivity contribution is 9.10. The van der Waals surface area contributed by atoms with Crippen molar-refractivity contribution >= 4 is 15.9 Å². The lowest BCUT2D eigenvalue weighted by atomic mass is 10.0. The lowest BCUT2D eigenvalue weighted by Crippen LogP contribution is -2.27. The number of halogens is 1. The predicted octanol–water partition coefficient (Wildman–Crippen LogP) is 3.83. The van der Waals surface area contributed by atoms with Crippen LogP contribution in [0.2, 0.25) is 0 Å². The van der Waals surface area contributed by atoms with Gasteiger partial charge in [0, 0.05) is 10.5 Å². The first-order valence-electron chi connectivity index (χ1n) is 6.38. The van der Waals surface area contributed by atoms with Gasteiger partial charge in [-0.3, -0.25) is 0 Å². The predicted molar refractivity (Wildman–Crippen MR) is 82.0 cm³/mol. The molecule has 0 amide bonds. The maximum absolute atomic E-state index is 9.55. The van der Waals surface area contributed by atoms with Gasteiger partial charge in [0.15, 0.2) is 0 Å². The maximum Gasteiger partial charge on any atom is 0.0626 e. The minimum absolute atomic E-state index is 0.0418. The molecule has 0 radical (unpaired) electrons. The van der Waals surface area contributed by atoms with Gasteiger partial charge >= 0.3 is 0 Å². The second-order valence-corrected chi connectivity index (χ2v) is 5.50. The minimum atomic E-state index is -0.0418. The van der Waals surface area contributed by atoms with E-state index in [1.807, 2.05) is 42.5 Å². The molecule has 2 nitrogen and oxygen atoms in total. The molecule has 1 unspecified atom stereocenters. The molecule has 0 aliphatic carbocycles. The largest absolute Gasteiger partial charge is 0.394 e. The summed E-state index contributed by atoms with van der Waals surface area (Å²) >= 11 is 3.44. The zero-order chi connectivity index (χ0) is 13.7. The van der Waals surface area contributed by atoms with Crippen molar-refractivity contribution < 1.29 is 5.11 Å². The number of hydrogen-bond acceptors (Lipinski definition) is 2. The average Bonchev–Trinajstić information content (AvgIpc) is 2.46. The van der Waals surface area contributed by atoms with Crippen molar-refractivity contribution in [1.29, 1.82) is 0 Å². The molecule has 2 N–H and O–H groups in total. The zero-order valence-corrected chi connectivity index (χ0v) is 12.5. The van der Waals surface area contributed by atoms with Gasteiger partial charge < -0.3 is 10.4 Å². The molecule has 19 heavy (non-hydrogen) atoms. The molecule has 100 valence electrons. The summed E-state index contributed by atoms with van der Waals surface area (Å²) in [6, 6.07) is 18.4. The molecule has 0 saturated carbocycles. The van der Waals surface area contributed by atoms with Gasteiger partial charge in [0.2, 0.25) is 0 Å². The van der Waals surface area contributed by atoms with Crippen LogP contribution in [0.15, 0.2) is 59.1 Å². The van der Waals surface area contributed by atoms with Gasteiger partial charge in [-0.2, -0.15) is 0 Å². The Labute approximate surface area is 122 Å². The molecule has 3 heteroatoms. The number of aliphatic hydroxyl groups is 1. The standard InChI is InChI=1S/C16H18BrNO/c1-12(13-7-9-15(17)10-8-13)18-16(11-19)14-5-3-2-4-6-14/h2-10,12,16,18-19H,11H2,1H3/t12?,16-/m1/s1. The summed E-state index contributed by atoms with van der Waals surface area (Å²) in [6.45, 7) is 2.19. The Morgan fingerprint density at radius 1 is 1.00 bits per heavy atom. The molecule has 0 heterocycles. The van der Waals surface area contributed by atoms with E-state index in [2.05, 4.69) is 40.3 Å². The van der Waals surface area contributed by atoms with Crippen molar-refractivity contribution in [2.75, 3.05) is 6.61 Å². The Morgan fingerprint density at radius 2 is 1.63 bits per heavy atom. The van der Waals surface area contributed by atoms with Crippen LogP contribution in [0.25, 0.3) is 0 Å². The Morgan fingerprint density at radius 3 is 2.21 bits per heavy atom. The highest BCUT2D eigenvalue weighted by Crippen LogP contribution is 2.21. The smallest absolute Gasteiger partial charge is 0.0626 e. The van der Waals surface area contributed by atoms with Crippen LogP contribution in [0.3, 0.4) is 0 Å². The van der Waals surface area contributed by atoms with E-state index in [1.54, 1.807) is 0 Å². The highest BCUT2D eigenvalue weighted by atomic mass is 79.9. The number of aliphatic hydroxyl groups excluding tert-OH is 1. The first-order valence-corrected chi connectivity index (χ1v) is 7.17. The fourth-order valence-corrected chi connectivity index (χ4v) is 2.35. The molecular weight excluding hydrogens is 302 g/mol. The van der Waals surface area contributed by atoms with Gasteiger partial charge in [0.25, 0.3) is 0 Å². The summed E-state index contributed by atoms with van der Waals surface area (Å²) in [5.41, 5.74) is 2.31. The first kappa shape index (κ1) is 14.3. The molecule has 0 fully saturated rings. The van der Waals surface area contributed by atoms with Gasteiger partial charge in [0.05, 0.1) is 12.6 Å². The summed E-state index contributed by atoms with van der Waals surface area (Å²) in [5, 5.41) is 13.0. The zero-order valence-electron chi connectivity index (χ0n) is 10.9. The third-order valence-corrected chi connectivity index (χ3v) is 3.73. The first-order chi connectivity index (χ1) is 9.20. The minimum Gasteiger partial charge on any atom is -0.394 e. The fraction of sp³-hybridized carbons (Fsp3) is 0.250. The Hall–Kier alpha value is -1.16. The molecule has 0 saturated heterocycles. The molecule has 2 aromatic rings. The normalized spacial score (nSPS) is 14.1. The van der Waals surface area contributed by atoms with E-state index < -0.39 is 0 Å². The van der Waals surface area contributed by atoms with Crippen LogP contribution in [0.4, 0.5) is 0 Å². The van der Waals surface area contributed by atoms with E-state index in [1.165, 1.54) is 5.56 Å². The van der Waals surface area contributed by atoms with E-state index in [-0.39, 0.29) is 18.7 Å². The van der Waals surface area contributed by atoms with Crippen LogP contribution in [-0.2, 0) is 0 Å². The van der Waals surface area contributed by atoms with E-state index in [0.717, 1.165) is 10.0 Å². The number of hydrogen-bond donors (Lipinski definition) is 2. The second-order valence-electron chi connectivity index (χ2n) is 4.59. The van der Waals surface area contributed by atoms with Gasteiger partial charge in [-0.25, -0.2) is 0 Å². The van der Waals surface area contributed by atoms with Crippen LogP contribution < -0.4 is 5.32 Å². The number of benzene rings is 2. The third kappa shape index (κ3) is 3.90. The van der Waals surface area contributed by atoms with Crippen molar-refractivity contribution in [2.45, 2.75) is 19.0 Å². The topological polar surface area (TPSA) is 32.3 Å². The summed E-state index contributed by atoms with van der Waals surface area (Å²) < 4.78 is 1.07. The molecular formula is C16H18BrNO. The number of nitrogens with one attached hydrogen (secondary N) is 1. The van der Waals surface area contributed by atoms with Crippen LogP contribution in [0.1, 0.15) is 30.1 Å². The molecule has 2 rings (SSSR count).